The molecule has 1 aliphatic rings. The van der Waals surface area contributed by atoms with Crippen LogP contribution in [0, 0.1) is 3.57 Å². The van der Waals surface area contributed by atoms with Crippen molar-refractivity contribution in [1.29, 1.82) is 0 Å². The van der Waals surface area contributed by atoms with Crippen LogP contribution in [0.3, 0.4) is 0 Å². The Labute approximate surface area is 189 Å². The van der Waals surface area contributed by atoms with Crippen LogP contribution >= 0.6 is 34.8 Å². The fraction of sp³-hybridized carbons (Fsp3) is 0.286. The number of benzene rings is 2. The van der Waals surface area contributed by atoms with Crippen LogP contribution in [0.25, 0.3) is 0 Å². The summed E-state index contributed by atoms with van der Waals surface area (Å²) in [5.41, 5.74) is 1.74. The van der Waals surface area contributed by atoms with E-state index in [0.717, 1.165) is 29.5 Å². The van der Waals surface area contributed by atoms with Crippen molar-refractivity contribution in [2.24, 2.45) is 0 Å². The average molecular weight is 523 g/mol. The Morgan fingerprint density at radius 1 is 1.07 bits per heavy atom. The maximum absolute atomic E-state index is 12.7. The van der Waals surface area contributed by atoms with Crippen LogP contribution in [0.15, 0.2) is 42.5 Å². The number of hydrogen-bond donors (Lipinski definition) is 2. The lowest BCUT2D eigenvalue weighted by Gasteiger charge is -2.26. The topological polar surface area (TPSA) is 70.7 Å². The van der Waals surface area contributed by atoms with Gasteiger partial charge in [0.2, 0.25) is 0 Å². The van der Waals surface area contributed by atoms with Crippen molar-refractivity contribution in [2.45, 2.75) is 19.3 Å². The summed E-state index contributed by atoms with van der Waals surface area (Å²) in [5, 5.41) is 5.81. The molecule has 0 saturated carbocycles. The minimum atomic E-state index is -0.316. The van der Waals surface area contributed by atoms with Gasteiger partial charge in [-0.25, -0.2) is 0 Å². The van der Waals surface area contributed by atoms with Gasteiger partial charge in [0.05, 0.1) is 10.7 Å². The maximum Gasteiger partial charge on any atom is 0.257 e. The molecule has 152 valence electrons. The van der Waals surface area contributed by atoms with Gasteiger partial charge in [0.15, 0.2) is 5.11 Å². The molecule has 0 radical (unpaired) electrons. The number of rotatable bonds is 4. The molecule has 1 fully saturated rings. The number of amides is 2. The number of likely N-dealkylation sites (tertiary alicyclic amines) is 1. The van der Waals surface area contributed by atoms with Crippen molar-refractivity contribution in [3.8, 4) is 5.75 Å². The van der Waals surface area contributed by atoms with Crippen molar-refractivity contribution in [2.75, 3.05) is 25.5 Å². The zero-order valence-electron chi connectivity index (χ0n) is 16.0. The van der Waals surface area contributed by atoms with E-state index in [2.05, 4.69) is 33.2 Å². The van der Waals surface area contributed by atoms with Gasteiger partial charge in [-0.2, -0.15) is 0 Å². The molecule has 29 heavy (non-hydrogen) atoms. The molecule has 6 nitrogen and oxygen atoms in total. The summed E-state index contributed by atoms with van der Waals surface area (Å²) in [6, 6.07) is 12.3. The standard InChI is InChI=1S/C21H22IN3O3S/c1-28-18-9-8-14(13-17(18)22)19(26)24-21(29)23-16-7-5-6-15(12-16)20(27)25-10-3-2-4-11-25/h5-9,12-13H,2-4,10-11H2,1H3,(H2,23,24,26,29). The Balaban J connectivity index is 1.62. The Morgan fingerprint density at radius 2 is 1.83 bits per heavy atom. The predicted molar refractivity (Wildman–Crippen MR) is 126 cm³/mol. The highest BCUT2D eigenvalue weighted by Gasteiger charge is 2.18. The van der Waals surface area contributed by atoms with Crippen LogP contribution in [-0.2, 0) is 0 Å². The lowest BCUT2D eigenvalue weighted by molar-refractivity contribution is 0.0724. The molecule has 2 amide bonds. The summed E-state index contributed by atoms with van der Waals surface area (Å²) >= 11 is 7.37. The largest absolute Gasteiger partial charge is 0.496 e. The second kappa shape index (κ2) is 10.0. The van der Waals surface area contributed by atoms with Crippen LogP contribution in [0.2, 0.25) is 0 Å². The van der Waals surface area contributed by atoms with Gasteiger partial charge in [-0.15, -0.1) is 0 Å². The third kappa shape index (κ3) is 5.66. The summed E-state index contributed by atoms with van der Waals surface area (Å²) in [6.07, 6.45) is 3.26. The quantitative estimate of drug-likeness (QED) is 0.468. The molecule has 1 saturated heterocycles. The third-order valence-corrected chi connectivity index (χ3v) is 5.70. The van der Waals surface area contributed by atoms with Crippen LogP contribution in [-0.4, -0.2) is 42.0 Å². The first-order valence-corrected chi connectivity index (χ1v) is 10.8. The monoisotopic (exact) mass is 523 g/mol. The molecule has 0 aliphatic carbocycles. The number of thiocarbonyl (C=S) groups is 1. The minimum absolute atomic E-state index is 0.0242. The van der Waals surface area contributed by atoms with E-state index in [9.17, 15) is 9.59 Å². The van der Waals surface area contributed by atoms with E-state index in [1.165, 1.54) is 6.42 Å². The Morgan fingerprint density at radius 3 is 2.52 bits per heavy atom. The first-order chi connectivity index (χ1) is 14.0. The number of nitrogens with one attached hydrogen (secondary N) is 2. The molecule has 1 aliphatic heterocycles. The summed E-state index contributed by atoms with van der Waals surface area (Å²) in [4.78, 5) is 27.0. The lowest BCUT2D eigenvalue weighted by Crippen LogP contribution is -2.36. The van der Waals surface area contributed by atoms with Crippen molar-refractivity contribution in [3.05, 3.63) is 57.2 Å². The first kappa shape index (κ1) is 21.5. The summed E-state index contributed by atoms with van der Waals surface area (Å²) in [6.45, 7) is 1.59. The number of anilines is 1. The third-order valence-electron chi connectivity index (χ3n) is 4.65. The lowest BCUT2D eigenvalue weighted by atomic mass is 10.1. The highest BCUT2D eigenvalue weighted by molar-refractivity contribution is 14.1. The predicted octanol–water partition coefficient (Wildman–Crippen LogP) is 4.05. The number of nitrogens with zero attached hydrogens (tertiary/aromatic N) is 1. The van der Waals surface area contributed by atoms with E-state index in [1.807, 2.05) is 11.0 Å². The fourth-order valence-electron chi connectivity index (χ4n) is 3.15. The number of piperidine rings is 1. The zero-order valence-corrected chi connectivity index (χ0v) is 19.0. The van der Waals surface area contributed by atoms with Gasteiger partial charge in [0.1, 0.15) is 5.75 Å². The van der Waals surface area contributed by atoms with E-state index >= 15 is 0 Å². The molecule has 0 aromatic heterocycles. The molecule has 2 aromatic carbocycles. The molecule has 2 N–H and O–H groups in total. The van der Waals surface area contributed by atoms with Gasteiger partial charge in [-0.1, -0.05) is 6.07 Å². The molecule has 3 rings (SSSR count). The van der Waals surface area contributed by atoms with Crippen molar-refractivity contribution in [3.63, 3.8) is 0 Å². The maximum atomic E-state index is 12.7. The molecule has 0 bridgehead atoms. The number of halogens is 1. The Kier molecular flexibility index (Phi) is 7.43. The molecule has 2 aromatic rings. The highest BCUT2D eigenvalue weighted by Crippen LogP contribution is 2.21. The van der Waals surface area contributed by atoms with E-state index < -0.39 is 0 Å². The van der Waals surface area contributed by atoms with Crippen molar-refractivity contribution in [1.82, 2.24) is 10.2 Å². The molecule has 0 atom stereocenters. The van der Waals surface area contributed by atoms with Gasteiger partial charge in [-0.05, 0) is 90.5 Å². The number of carbonyl (C=O) groups excluding carboxylic acids is 2. The van der Waals surface area contributed by atoms with E-state index in [-0.39, 0.29) is 16.9 Å². The SMILES string of the molecule is COc1ccc(C(=O)NC(=S)Nc2cccc(C(=O)N3CCCCC3)c2)cc1I. The number of methoxy groups -OCH3 is 1. The zero-order chi connectivity index (χ0) is 20.8. The Bertz CT molecular complexity index is 929. The van der Waals surface area contributed by atoms with Gasteiger partial charge in [0.25, 0.3) is 11.8 Å². The fourth-order valence-corrected chi connectivity index (χ4v) is 4.10. The molecular formula is C21H22IN3O3S. The average Bonchev–Trinajstić information content (AvgIpc) is 2.73. The molecule has 0 spiro atoms. The first-order valence-electron chi connectivity index (χ1n) is 9.33. The highest BCUT2D eigenvalue weighted by atomic mass is 127. The summed E-state index contributed by atoms with van der Waals surface area (Å²) in [5.74, 6) is 0.415. The van der Waals surface area contributed by atoms with Crippen molar-refractivity contribution >= 4 is 57.4 Å². The molecule has 1 heterocycles. The molecule has 0 unspecified atom stereocenters. The summed E-state index contributed by atoms with van der Waals surface area (Å²) < 4.78 is 6.04. The van der Waals surface area contributed by atoms with Crippen LogP contribution in [0.4, 0.5) is 5.69 Å². The second-order valence-corrected chi connectivity index (χ2v) is 8.26. The molecule has 8 heteroatoms. The van der Waals surface area contributed by atoms with Gasteiger partial charge < -0.3 is 15.0 Å². The number of carbonyl (C=O) groups is 2. The number of hydrogen-bond acceptors (Lipinski definition) is 4. The van der Waals surface area contributed by atoms with E-state index in [4.69, 9.17) is 17.0 Å². The minimum Gasteiger partial charge on any atom is -0.496 e. The van der Waals surface area contributed by atoms with Gasteiger partial charge in [-0.3, -0.25) is 14.9 Å². The molecular weight excluding hydrogens is 501 g/mol. The van der Waals surface area contributed by atoms with Crippen LogP contribution < -0.4 is 15.4 Å². The van der Waals surface area contributed by atoms with E-state index in [1.54, 1.807) is 43.5 Å². The van der Waals surface area contributed by atoms with E-state index in [0.29, 0.717) is 22.6 Å². The number of ether oxygens (including phenoxy) is 1. The van der Waals surface area contributed by atoms with Gasteiger partial charge >= 0.3 is 0 Å². The van der Waals surface area contributed by atoms with Gasteiger partial charge in [0, 0.05) is 29.9 Å². The normalized spacial score (nSPS) is 13.5. The summed E-state index contributed by atoms with van der Waals surface area (Å²) in [7, 11) is 1.58. The van der Waals surface area contributed by atoms with Crippen LogP contribution in [0.5, 0.6) is 5.75 Å². The Hall–Kier alpha value is -2.20. The smallest absolute Gasteiger partial charge is 0.257 e. The van der Waals surface area contributed by atoms with Crippen LogP contribution in [0.1, 0.15) is 40.0 Å². The second-order valence-electron chi connectivity index (χ2n) is 6.69. The van der Waals surface area contributed by atoms with Crippen molar-refractivity contribution < 1.29 is 14.3 Å².